The molecule has 0 aliphatic heterocycles. The Morgan fingerprint density at radius 1 is 1.33 bits per heavy atom. The third-order valence-electron chi connectivity index (χ3n) is 2.50. The van der Waals surface area contributed by atoms with Gasteiger partial charge in [0, 0.05) is 35.7 Å². The first-order chi connectivity index (χ1) is 10.1. The normalized spacial score (nSPS) is 10.5. The van der Waals surface area contributed by atoms with Gasteiger partial charge in [0.05, 0.1) is 11.1 Å². The number of carbonyl (C=O) groups is 1. The summed E-state index contributed by atoms with van der Waals surface area (Å²) >= 11 is 0. The van der Waals surface area contributed by atoms with Crippen molar-refractivity contribution < 1.29 is 14.1 Å². The summed E-state index contributed by atoms with van der Waals surface area (Å²) in [6.07, 6.45) is 3.89. The molecule has 1 amide bonds. The predicted molar refractivity (Wildman–Crippen MR) is 72.4 cm³/mol. The van der Waals surface area contributed by atoms with Crippen LogP contribution >= 0.6 is 0 Å². The predicted octanol–water partition coefficient (Wildman–Crippen LogP) is 1.89. The van der Waals surface area contributed by atoms with Crippen LogP contribution in [-0.4, -0.2) is 22.0 Å². The van der Waals surface area contributed by atoms with Crippen molar-refractivity contribution in [2.75, 3.05) is 0 Å². The molecule has 0 radical (unpaired) electrons. The molecule has 2 rings (SSSR count). The average Bonchev–Trinajstić information content (AvgIpc) is 2.49. The number of nitro benzene ring substituents is 1. The Morgan fingerprint density at radius 3 is 2.71 bits per heavy atom. The van der Waals surface area contributed by atoms with E-state index in [1.165, 1.54) is 24.5 Å². The van der Waals surface area contributed by atoms with Gasteiger partial charge in [0.1, 0.15) is 5.82 Å². The van der Waals surface area contributed by atoms with Gasteiger partial charge in [0.2, 0.25) is 0 Å². The second-order valence-electron chi connectivity index (χ2n) is 3.90. The fourth-order valence-electron chi connectivity index (χ4n) is 1.47. The fraction of sp³-hybridized carbons (Fsp3) is 0. The van der Waals surface area contributed by atoms with Crippen molar-refractivity contribution in [3.63, 3.8) is 0 Å². The van der Waals surface area contributed by atoms with E-state index in [-0.39, 0.29) is 11.3 Å². The molecule has 0 aliphatic rings. The molecule has 0 unspecified atom stereocenters. The van der Waals surface area contributed by atoms with Crippen LogP contribution in [0.2, 0.25) is 0 Å². The van der Waals surface area contributed by atoms with Crippen molar-refractivity contribution in [1.29, 1.82) is 0 Å². The number of non-ortho nitro benzene ring substituents is 1. The van der Waals surface area contributed by atoms with Crippen LogP contribution in [-0.2, 0) is 0 Å². The number of nitrogens with zero attached hydrogens (tertiary/aromatic N) is 3. The number of aromatic nitrogens is 1. The Morgan fingerprint density at radius 2 is 2.05 bits per heavy atom. The minimum Gasteiger partial charge on any atom is -0.267 e. The van der Waals surface area contributed by atoms with Crippen LogP contribution in [0.4, 0.5) is 10.1 Å². The minimum absolute atomic E-state index is 0.0979. The maximum Gasteiger partial charge on any atom is 0.271 e. The second-order valence-corrected chi connectivity index (χ2v) is 3.90. The number of nitro groups is 1. The molecule has 0 saturated carbocycles. The molecule has 1 aromatic carbocycles. The van der Waals surface area contributed by atoms with E-state index >= 15 is 0 Å². The lowest BCUT2D eigenvalue weighted by atomic mass is 10.2. The van der Waals surface area contributed by atoms with Crippen molar-refractivity contribution in [2.24, 2.45) is 5.10 Å². The van der Waals surface area contributed by atoms with Crippen molar-refractivity contribution in [3.05, 3.63) is 69.8 Å². The Labute approximate surface area is 118 Å². The highest BCUT2D eigenvalue weighted by Crippen LogP contribution is 2.15. The number of benzene rings is 1. The number of carbonyl (C=O) groups excluding carboxylic acids is 1. The minimum atomic E-state index is -0.678. The molecular weight excluding hydrogens is 279 g/mol. The molecule has 21 heavy (non-hydrogen) atoms. The number of nitrogens with one attached hydrogen (secondary N) is 1. The summed E-state index contributed by atoms with van der Waals surface area (Å²) in [6.45, 7) is 0. The summed E-state index contributed by atoms with van der Waals surface area (Å²) in [6, 6.07) is 6.00. The van der Waals surface area contributed by atoms with Crippen molar-refractivity contribution in [1.82, 2.24) is 10.4 Å². The molecule has 1 N–H and O–H groups in total. The summed E-state index contributed by atoms with van der Waals surface area (Å²) in [7, 11) is 0. The van der Waals surface area contributed by atoms with Gasteiger partial charge in [-0.3, -0.25) is 19.9 Å². The molecule has 1 heterocycles. The van der Waals surface area contributed by atoms with Crippen LogP contribution in [0.3, 0.4) is 0 Å². The summed E-state index contributed by atoms with van der Waals surface area (Å²) < 4.78 is 13.4. The molecule has 7 nitrogen and oxygen atoms in total. The van der Waals surface area contributed by atoms with E-state index in [0.717, 1.165) is 24.4 Å². The number of rotatable bonds is 4. The number of hydrogen-bond acceptors (Lipinski definition) is 5. The largest absolute Gasteiger partial charge is 0.271 e. The van der Waals surface area contributed by atoms with Crippen LogP contribution in [0.5, 0.6) is 0 Å². The SMILES string of the molecule is O=C(NN=Cc1cc([N+](=O)[O-])ccc1F)c1ccncc1. The van der Waals surface area contributed by atoms with Gasteiger partial charge in [-0.15, -0.1) is 0 Å². The smallest absolute Gasteiger partial charge is 0.267 e. The maximum atomic E-state index is 13.4. The quantitative estimate of drug-likeness (QED) is 0.527. The van der Waals surface area contributed by atoms with Crippen LogP contribution in [0, 0.1) is 15.9 Å². The summed E-state index contributed by atoms with van der Waals surface area (Å²) in [5.74, 6) is -1.18. The molecule has 0 bridgehead atoms. The van der Waals surface area contributed by atoms with E-state index in [0.29, 0.717) is 5.56 Å². The molecule has 0 spiro atoms. The third kappa shape index (κ3) is 3.66. The lowest BCUT2D eigenvalue weighted by Crippen LogP contribution is -2.17. The Hall–Kier alpha value is -3.16. The Balaban J connectivity index is 2.10. The summed E-state index contributed by atoms with van der Waals surface area (Å²) in [5.41, 5.74) is 2.16. The number of halogens is 1. The maximum absolute atomic E-state index is 13.4. The summed E-state index contributed by atoms with van der Waals surface area (Å²) in [4.78, 5) is 25.3. The fourth-order valence-corrected chi connectivity index (χ4v) is 1.47. The molecule has 2 aromatic rings. The highest BCUT2D eigenvalue weighted by molar-refractivity contribution is 5.94. The molecule has 1 aromatic heterocycles. The van der Waals surface area contributed by atoms with E-state index in [4.69, 9.17) is 0 Å². The topological polar surface area (TPSA) is 97.5 Å². The first-order valence-corrected chi connectivity index (χ1v) is 5.75. The van der Waals surface area contributed by atoms with Gasteiger partial charge in [-0.25, -0.2) is 9.82 Å². The lowest BCUT2D eigenvalue weighted by Gasteiger charge is -1.99. The monoisotopic (exact) mass is 288 g/mol. The number of amides is 1. The van der Waals surface area contributed by atoms with Crippen LogP contribution in [0.1, 0.15) is 15.9 Å². The van der Waals surface area contributed by atoms with E-state index in [1.807, 2.05) is 0 Å². The number of pyridine rings is 1. The van der Waals surface area contributed by atoms with Crippen molar-refractivity contribution >= 4 is 17.8 Å². The van der Waals surface area contributed by atoms with Gasteiger partial charge in [-0.05, 0) is 18.2 Å². The highest BCUT2D eigenvalue weighted by Gasteiger charge is 2.09. The van der Waals surface area contributed by atoms with E-state index in [2.05, 4.69) is 15.5 Å². The molecule has 0 aliphatic carbocycles. The van der Waals surface area contributed by atoms with E-state index < -0.39 is 16.6 Å². The summed E-state index contributed by atoms with van der Waals surface area (Å²) in [5, 5.41) is 14.2. The van der Waals surface area contributed by atoms with Gasteiger partial charge < -0.3 is 0 Å². The molecule has 8 heteroatoms. The lowest BCUT2D eigenvalue weighted by molar-refractivity contribution is -0.384. The second kappa shape index (κ2) is 6.33. The standard InChI is InChI=1S/C13H9FN4O3/c14-12-2-1-11(18(20)21)7-10(12)8-16-17-13(19)9-3-5-15-6-4-9/h1-8H,(H,17,19). The van der Waals surface area contributed by atoms with E-state index in [9.17, 15) is 19.3 Å². The average molecular weight is 288 g/mol. The third-order valence-corrected chi connectivity index (χ3v) is 2.50. The first-order valence-electron chi connectivity index (χ1n) is 5.75. The number of hydrogen-bond donors (Lipinski definition) is 1. The van der Waals surface area contributed by atoms with Gasteiger partial charge in [-0.1, -0.05) is 0 Å². The first kappa shape index (κ1) is 14.3. The zero-order chi connectivity index (χ0) is 15.2. The van der Waals surface area contributed by atoms with Crippen LogP contribution < -0.4 is 5.43 Å². The molecular formula is C13H9FN4O3. The Bertz CT molecular complexity index is 704. The number of hydrazone groups is 1. The van der Waals surface area contributed by atoms with Gasteiger partial charge >= 0.3 is 0 Å². The highest BCUT2D eigenvalue weighted by atomic mass is 19.1. The van der Waals surface area contributed by atoms with E-state index in [1.54, 1.807) is 0 Å². The van der Waals surface area contributed by atoms with Crippen molar-refractivity contribution in [2.45, 2.75) is 0 Å². The molecule has 0 atom stereocenters. The zero-order valence-electron chi connectivity index (χ0n) is 10.6. The Kier molecular flexibility index (Phi) is 4.30. The zero-order valence-corrected chi connectivity index (χ0v) is 10.6. The van der Waals surface area contributed by atoms with Crippen LogP contribution in [0.25, 0.3) is 0 Å². The van der Waals surface area contributed by atoms with Crippen molar-refractivity contribution in [3.8, 4) is 0 Å². The van der Waals surface area contributed by atoms with Crippen LogP contribution in [0.15, 0.2) is 47.8 Å². The molecule has 106 valence electrons. The van der Waals surface area contributed by atoms with Gasteiger partial charge in [0.15, 0.2) is 0 Å². The van der Waals surface area contributed by atoms with Gasteiger partial charge in [0.25, 0.3) is 11.6 Å². The van der Waals surface area contributed by atoms with Gasteiger partial charge in [-0.2, -0.15) is 5.10 Å². The molecule has 0 fully saturated rings. The molecule has 0 saturated heterocycles.